The second-order valence-electron chi connectivity index (χ2n) is 6.06. The summed E-state index contributed by atoms with van der Waals surface area (Å²) in [5.41, 5.74) is 1.91. The maximum atomic E-state index is 12.0. The molecule has 1 fully saturated rings. The van der Waals surface area contributed by atoms with Gasteiger partial charge in [-0.2, -0.15) is 0 Å². The van der Waals surface area contributed by atoms with Crippen LogP contribution in [0.25, 0.3) is 0 Å². The van der Waals surface area contributed by atoms with E-state index < -0.39 is 0 Å². The zero-order chi connectivity index (χ0) is 17.3. The molecule has 2 aromatic rings. The molecule has 1 amide bonds. The fraction of sp³-hybridized carbons (Fsp3) is 0.350. The third-order valence-electron chi connectivity index (χ3n) is 4.11. The summed E-state index contributed by atoms with van der Waals surface area (Å²) in [7, 11) is 0. The molecule has 3 rings (SSSR count). The van der Waals surface area contributed by atoms with Crippen molar-refractivity contribution in [3.8, 4) is 5.75 Å². The highest BCUT2D eigenvalue weighted by Crippen LogP contribution is 2.24. The number of ether oxygens (including phenoxy) is 2. The first-order chi connectivity index (χ1) is 12.3. The first-order valence-electron chi connectivity index (χ1n) is 8.69. The Labute approximate surface area is 148 Å². The molecule has 2 aromatic carbocycles. The van der Waals surface area contributed by atoms with Gasteiger partial charge in [0.2, 0.25) is 5.91 Å². The van der Waals surface area contributed by atoms with Crippen molar-refractivity contribution in [2.45, 2.75) is 25.6 Å². The minimum absolute atomic E-state index is 0.0478. The van der Waals surface area contributed by atoms with E-state index in [0.29, 0.717) is 13.2 Å². The van der Waals surface area contributed by atoms with E-state index in [9.17, 15) is 4.79 Å². The number of nitrogens with one attached hydrogen (secondary N) is 2. The lowest BCUT2D eigenvalue weighted by atomic mass is 10.2. The lowest BCUT2D eigenvalue weighted by Gasteiger charge is -2.14. The van der Waals surface area contributed by atoms with Crippen molar-refractivity contribution in [1.82, 2.24) is 5.32 Å². The van der Waals surface area contributed by atoms with Gasteiger partial charge in [0, 0.05) is 13.2 Å². The van der Waals surface area contributed by atoms with Crippen molar-refractivity contribution in [2.24, 2.45) is 0 Å². The zero-order valence-electron chi connectivity index (χ0n) is 14.2. The van der Waals surface area contributed by atoms with E-state index in [1.165, 1.54) is 0 Å². The molecule has 1 aliphatic heterocycles. The van der Waals surface area contributed by atoms with Gasteiger partial charge in [-0.3, -0.25) is 4.79 Å². The van der Waals surface area contributed by atoms with Crippen LogP contribution in [-0.2, 0) is 16.1 Å². The smallest absolute Gasteiger partial charge is 0.239 e. The van der Waals surface area contributed by atoms with Crippen LogP contribution in [0.5, 0.6) is 5.75 Å². The molecule has 0 aliphatic carbocycles. The number of carbonyl (C=O) groups excluding carboxylic acids is 1. The van der Waals surface area contributed by atoms with Crippen LogP contribution in [0, 0.1) is 0 Å². The number of hydrogen-bond acceptors (Lipinski definition) is 4. The van der Waals surface area contributed by atoms with Crippen LogP contribution < -0.4 is 15.4 Å². The number of hydrogen-bond donors (Lipinski definition) is 2. The molecule has 0 radical (unpaired) electrons. The number of benzene rings is 2. The largest absolute Gasteiger partial charge is 0.487 e. The monoisotopic (exact) mass is 340 g/mol. The summed E-state index contributed by atoms with van der Waals surface area (Å²) in [4.78, 5) is 12.0. The second kappa shape index (κ2) is 9.08. The first-order valence-corrected chi connectivity index (χ1v) is 8.69. The topological polar surface area (TPSA) is 59.6 Å². The van der Waals surface area contributed by atoms with Crippen LogP contribution in [0.1, 0.15) is 18.4 Å². The maximum Gasteiger partial charge on any atom is 0.239 e. The van der Waals surface area contributed by atoms with Crippen molar-refractivity contribution in [3.05, 3.63) is 60.2 Å². The molecular formula is C20H24N2O3. The lowest BCUT2D eigenvalue weighted by molar-refractivity contribution is -0.119. The summed E-state index contributed by atoms with van der Waals surface area (Å²) in [6, 6.07) is 17.6. The SMILES string of the molecule is O=C(CNc1ccccc1OCc1ccccc1)NCC1CCCO1. The lowest BCUT2D eigenvalue weighted by Crippen LogP contribution is -2.35. The van der Waals surface area contributed by atoms with Crippen molar-refractivity contribution in [1.29, 1.82) is 0 Å². The summed E-state index contributed by atoms with van der Waals surface area (Å²) in [5, 5.41) is 6.05. The highest BCUT2D eigenvalue weighted by Gasteiger charge is 2.16. The third-order valence-corrected chi connectivity index (χ3v) is 4.11. The summed E-state index contributed by atoms with van der Waals surface area (Å²) in [6.07, 6.45) is 2.25. The van der Waals surface area contributed by atoms with E-state index in [0.717, 1.165) is 36.4 Å². The van der Waals surface area contributed by atoms with Gasteiger partial charge in [0.1, 0.15) is 12.4 Å². The molecule has 5 nitrogen and oxygen atoms in total. The molecule has 0 aromatic heterocycles. The Morgan fingerprint density at radius 3 is 2.72 bits per heavy atom. The van der Waals surface area contributed by atoms with Crippen LogP contribution in [0.2, 0.25) is 0 Å². The predicted octanol–water partition coefficient (Wildman–Crippen LogP) is 2.97. The summed E-state index contributed by atoms with van der Waals surface area (Å²) in [6.45, 7) is 2.07. The summed E-state index contributed by atoms with van der Waals surface area (Å²) >= 11 is 0. The van der Waals surface area contributed by atoms with E-state index in [1.54, 1.807) is 0 Å². The van der Waals surface area contributed by atoms with Crippen LogP contribution in [0.3, 0.4) is 0 Å². The average molecular weight is 340 g/mol. The average Bonchev–Trinajstić information content (AvgIpc) is 3.18. The standard InChI is InChI=1S/C20H24N2O3/c23-20(22-13-17-9-6-12-24-17)14-21-18-10-4-5-11-19(18)25-15-16-7-2-1-3-8-16/h1-5,7-8,10-11,17,21H,6,9,12-15H2,(H,22,23). The second-order valence-corrected chi connectivity index (χ2v) is 6.06. The Hall–Kier alpha value is -2.53. The zero-order valence-corrected chi connectivity index (χ0v) is 14.2. The Morgan fingerprint density at radius 1 is 1.12 bits per heavy atom. The predicted molar refractivity (Wildman–Crippen MR) is 97.7 cm³/mol. The van der Waals surface area contributed by atoms with Gasteiger partial charge in [-0.05, 0) is 30.5 Å². The van der Waals surface area contributed by atoms with E-state index in [-0.39, 0.29) is 18.6 Å². The van der Waals surface area contributed by atoms with Crippen molar-refractivity contribution < 1.29 is 14.3 Å². The Bertz CT molecular complexity index is 670. The third kappa shape index (κ3) is 5.50. The fourth-order valence-electron chi connectivity index (χ4n) is 2.74. The molecule has 1 atom stereocenters. The maximum absolute atomic E-state index is 12.0. The molecule has 1 aliphatic rings. The Morgan fingerprint density at radius 2 is 1.92 bits per heavy atom. The van der Waals surface area contributed by atoms with Crippen LogP contribution >= 0.6 is 0 Å². The van der Waals surface area contributed by atoms with E-state index in [4.69, 9.17) is 9.47 Å². The molecule has 0 spiro atoms. The minimum Gasteiger partial charge on any atom is -0.487 e. The van der Waals surface area contributed by atoms with Gasteiger partial charge < -0.3 is 20.1 Å². The number of rotatable bonds is 8. The van der Waals surface area contributed by atoms with Gasteiger partial charge in [0.15, 0.2) is 0 Å². The van der Waals surface area contributed by atoms with Gasteiger partial charge in [-0.1, -0.05) is 42.5 Å². The van der Waals surface area contributed by atoms with E-state index in [1.807, 2.05) is 54.6 Å². The van der Waals surface area contributed by atoms with Gasteiger partial charge in [-0.15, -0.1) is 0 Å². The van der Waals surface area contributed by atoms with Crippen LogP contribution in [0.4, 0.5) is 5.69 Å². The molecule has 5 heteroatoms. The fourth-order valence-corrected chi connectivity index (χ4v) is 2.74. The first kappa shape index (κ1) is 17.3. The molecule has 0 saturated carbocycles. The number of anilines is 1. The number of para-hydroxylation sites is 2. The highest BCUT2D eigenvalue weighted by molar-refractivity contribution is 5.81. The summed E-state index contributed by atoms with van der Waals surface area (Å²) in [5.74, 6) is 0.687. The van der Waals surface area contributed by atoms with E-state index in [2.05, 4.69) is 10.6 Å². The van der Waals surface area contributed by atoms with E-state index >= 15 is 0 Å². The summed E-state index contributed by atoms with van der Waals surface area (Å²) < 4.78 is 11.4. The van der Waals surface area contributed by atoms with Crippen molar-refractivity contribution >= 4 is 11.6 Å². The highest BCUT2D eigenvalue weighted by atomic mass is 16.5. The van der Waals surface area contributed by atoms with Gasteiger partial charge in [0.05, 0.1) is 18.3 Å². The molecule has 25 heavy (non-hydrogen) atoms. The Balaban J connectivity index is 1.47. The normalized spacial score (nSPS) is 16.4. The number of carbonyl (C=O) groups is 1. The molecule has 1 unspecified atom stereocenters. The van der Waals surface area contributed by atoms with Crippen molar-refractivity contribution in [3.63, 3.8) is 0 Å². The van der Waals surface area contributed by atoms with Crippen molar-refractivity contribution in [2.75, 3.05) is 25.0 Å². The van der Waals surface area contributed by atoms with Crippen LogP contribution in [-0.4, -0.2) is 31.7 Å². The molecule has 0 bridgehead atoms. The quantitative estimate of drug-likeness (QED) is 0.776. The molecular weight excluding hydrogens is 316 g/mol. The molecule has 132 valence electrons. The minimum atomic E-state index is -0.0478. The molecule has 1 heterocycles. The van der Waals surface area contributed by atoms with Crippen LogP contribution in [0.15, 0.2) is 54.6 Å². The Kier molecular flexibility index (Phi) is 6.29. The molecule has 1 saturated heterocycles. The van der Waals surface area contributed by atoms with Gasteiger partial charge in [0.25, 0.3) is 0 Å². The van der Waals surface area contributed by atoms with Gasteiger partial charge in [-0.25, -0.2) is 0 Å². The number of amides is 1. The van der Waals surface area contributed by atoms with Gasteiger partial charge >= 0.3 is 0 Å². The molecule has 2 N–H and O–H groups in total.